The van der Waals surface area contributed by atoms with E-state index in [0.29, 0.717) is 0 Å². The lowest BCUT2D eigenvalue weighted by molar-refractivity contribution is 0.501. The standard InChI is InChI=1S/C14H30N3/c1-3-5-6-7-8-9-10-11-12-13(4-2)17-14(15)16/h13H,2-12H2,1H3,(H4,15,16,17). The normalized spacial score (nSPS) is 12.4. The van der Waals surface area contributed by atoms with Crippen LogP contribution in [0.25, 0.3) is 0 Å². The zero-order valence-electron chi connectivity index (χ0n) is 11.4. The molecule has 0 fully saturated rings. The molecule has 101 valence electrons. The summed E-state index contributed by atoms with van der Waals surface area (Å²) in [6.07, 6.45) is 12.6. The average molecular weight is 240 g/mol. The van der Waals surface area contributed by atoms with Crippen molar-refractivity contribution >= 4 is 5.96 Å². The van der Waals surface area contributed by atoms with Gasteiger partial charge in [0, 0.05) is 6.04 Å². The summed E-state index contributed by atoms with van der Waals surface area (Å²) in [6, 6.07) is 0.285. The maximum absolute atomic E-state index is 7.18. The largest absolute Gasteiger partial charge is 0.370 e. The van der Waals surface area contributed by atoms with E-state index >= 15 is 0 Å². The molecule has 4 N–H and O–H groups in total. The van der Waals surface area contributed by atoms with Crippen molar-refractivity contribution in [2.75, 3.05) is 0 Å². The van der Waals surface area contributed by atoms with Crippen molar-refractivity contribution in [2.45, 2.75) is 77.2 Å². The lowest BCUT2D eigenvalue weighted by Crippen LogP contribution is -2.38. The second-order valence-electron chi connectivity index (χ2n) is 4.81. The van der Waals surface area contributed by atoms with Crippen LogP contribution in [0.2, 0.25) is 0 Å². The Morgan fingerprint density at radius 1 is 1.12 bits per heavy atom. The molecule has 0 amide bonds. The highest BCUT2D eigenvalue weighted by Gasteiger charge is 2.05. The van der Waals surface area contributed by atoms with E-state index in [1.165, 1.54) is 51.4 Å². The summed E-state index contributed by atoms with van der Waals surface area (Å²) in [6.45, 7) is 6.12. The second-order valence-corrected chi connectivity index (χ2v) is 4.81. The molecular formula is C14H30N3. The van der Waals surface area contributed by atoms with Crippen LogP contribution in [-0.2, 0) is 0 Å². The van der Waals surface area contributed by atoms with Gasteiger partial charge in [-0.2, -0.15) is 0 Å². The maximum atomic E-state index is 7.18. The summed E-state index contributed by atoms with van der Waals surface area (Å²) in [5, 5.41) is 10.1. The summed E-state index contributed by atoms with van der Waals surface area (Å²) in [5.74, 6) is 0.0678. The van der Waals surface area contributed by atoms with E-state index in [9.17, 15) is 0 Å². The Balaban J connectivity index is 3.28. The lowest BCUT2D eigenvalue weighted by atomic mass is 10.0. The maximum Gasteiger partial charge on any atom is 0.185 e. The Bertz CT molecular complexity index is 180. The van der Waals surface area contributed by atoms with E-state index in [1.54, 1.807) is 0 Å². The van der Waals surface area contributed by atoms with Crippen LogP contribution in [0.15, 0.2) is 0 Å². The number of nitrogens with one attached hydrogen (secondary N) is 2. The van der Waals surface area contributed by atoms with E-state index in [2.05, 4.69) is 19.2 Å². The third kappa shape index (κ3) is 11.5. The van der Waals surface area contributed by atoms with Crippen molar-refractivity contribution in [2.24, 2.45) is 5.73 Å². The van der Waals surface area contributed by atoms with Crippen LogP contribution in [0, 0.1) is 12.3 Å². The monoisotopic (exact) mass is 240 g/mol. The molecular weight excluding hydrogens is 210 g/mol. The Kier molecular flexibility index (Phi) is 11.2. The van der Waals surface area contributed by atoms with Gasteiger partial charge in [-0.1, -0.05) is 65.2 Å². The van der Waals surface area contributed by atoms with Gasteiger partial charge in [0.25, 0.3) is 0 Å². The van der Waals surface area contributed by atoms with E-state index in [0.717, 1.165) is 12.8 Å². The van der Waals surface area contributed by atoms with E-state index in [4.69, 9.17) is 11.1 Å². The Labute approximate surface area is 107 Å². The van der Waals surface area contributed by atoms with Gasteiger partial charge < -0.3 is 11.1 Å². The number of hydrogen-bond acceptors (Lipinski definition) is 1. The SMILES string of the molecule is [CH2]CC(CCCCCCCCCC)NC(=N)N. The molecule has 0 aromatic rings. The van der Waals surface area contributed by atoms with Crippen LogP contribution in [0.1, 0.15) is 71.1 Å². The molecule has 0 aliphatic rings. The van der Waals surface area contributed by atoms with Crippen molar-refractivity contribution in [3.8, 4) is 0 Å². The molecule has 0 saturated heterocycles. The van der Waals surface area contributed by atoms with Crippen LogP contribution in [0.3, 0.4) is 0 Å². The zero-order chi connectivity index (χ0) is 12.9. The van der Waals surface area contributed by atoms with Gasteiger partial charge in [-0.05, 0) is 12.8 Å². The molecule has 0 rings (SSSR count). The Morgan fingerprint density at radius 2 is 1.65 bits per heavy atom. The van der Waals surface area contributed by atoms with Crippen LogP contribution < -0.4 is 11.1 Å². The van der Waals surface area contributed by atoms with Crippen molar-refractivity contribution in [1.29, 1.82) is 5.41 Å². The molecule has 17 heavy (non-hydrogen) atoms. The van der Waals surface area contributed by atoms with E-state index < -0.39 is 0 Å². The highest BCUT2D eigenvalue weighted by molar-refractivity contribution is 5.74. The van der Waals surface area contributed by atoms with E-state index in [-0.39, 0.29) is 12.0 Å². The molecule has 3 nitrogen and oxygen atoms in total. The van der Waals surface area contributed by atoms with Crippen LogP contribution in [0.4, 0.5) is 0 Å². The Morgan fingerprint density at radius 3 is 2.12 bits per heavy atom. The fourth-order valence-corrected chi connectivity index (χ4v) is 2.03. The van der Waals surface area contributed by atoms with Gasteiger partial charge in [0.05, 0.1) is 0 Å². The molecule has 0 heterocycles. The van der Waals surface area contributed by atoms with Crippen LogP contribution in [-0.4, -0.2) is 12.0 Å². The number of rotatable bonds is 11. The average Bonchev–Trinajstić information content (AvgIpc) is 2.30. The molecule has 1 radical (unpaired) electrons. The number of hydrogen-bond donors (Lipinski definition) is 3. The smallest absolute Gasteiger partial charge is 0.185 e. The number of guanidine groups is 1. The fourth-order valence-electron chi connectivity index (χ4n) is 2.03. The van der Waals surface area contributed by atoms with Gasteiger partial charge in [0.1, 0.15) is 0 Å². The number of nitrogens with two attached hydrogens (primary N) is 1. The molecule has 0 aliphatic carbocycles. The Hall–Kier alpha value is -0.730. The summed E-state index contributed by atoms with van der Waals surface area (Å²) in [5.41, 5.74) is 5.31. The van der Waals surface area contributed by atoms with Gasteiger partial charge in [0.2, 0.25) is 0 Å². The molecule has 0 aromatic heterocycles. The third-order valence-electron chi connectivity index (χ3n) is 3.11. The minimum atomic E-state index is 0.0678. The fraction of sp³-hybridized carbons (Fsp3) is 0.857. The predicted molar refractivity (Wildman–Crippen MR) is 76.0 cm³/mol. The summed E-state index contributed by atoms with van der Waals surface area (Å²) in [7, 11) is 0. The minimum Gasteiger partial charge on any atom is -0.370 e. The molecule has 0 spiro atoms. The van der Waals surface area contributed by atoms with Gasteiger partial charge >= 0.3 is 0 Å². The van der Waals surface area contributed by atoms with Crippen LogP contribution >= 0.6 is 0 Å². The molecule has 0 bridgehead atoms. The van der Waals surface area contributed by atoms with Crippen molar-refractivity contribution < 1.29 is 0 Å². The highest BCUT2D eigenvalue weighted by Crippen LogP contribution is 2.11. The molecule has 0 aromatic carbocycles. The lowest BCUT2D eigenvalue weighted by Gasteiger charge is -2.16. The van der Waals surface area contributed by atoms with Crippen LogP contribution in [0.5, 0.6) is 0 Å². The first-order valence-corrected chi connectivity index (χ1v) is 7.10. The second kappa shape index (κ2) is 11.7. The first-order valence-electron chi connectivity index (χ1n) is 7.10. The highest BCUT2D eigenvalue weighted by atomic mass is 15.1. The molecule has 0 saturated carbocycles. The van der Waals surface area contributed by atoms with Gasteiger partial charge in [0.15, 0.2) is 5.96 Å². The predicted octanol–water partition coefficient (Wildman–Crippen LogP) is 3.59. The van der Waals surface area contributed by atoms with Crippen molar-refractivity contribution in [1.82, 2.24) is 5.32 Å². The molecule has 1 atom stereocenters. The van der Waals surface area contributed by atoms with Gasteiger partial charge in [-0.25, -0.2) is 0 Å². The molecule has 1 unspecified atom stereocenters. The summed E-state index contributed by atoms with van der Waals surface area (Å²) < 4.78 is 0. The van der Waals surface area contributed by atoms with Gasteiger partial charge in [-0.15, -0.1) is 0 Å². The van der Waals surface area contributed by atoms with Crippen molar-refractivity contribution in [3.05, 3.63) is 6.92 Å². The van der Waals surface area contributed by atoms with E-state index in [1.807, 2.05) is 0 Å². The summed E-state index contributed by atoms with van der Waals surface area (Å²) >= 11 is 0. The van der Waals surface area contributed by atoms with Gasteiger partial charge in [-0.3, -0.25) is 5.41 Å². The molecule has 3 heteroatoms. The third-order valence-corrected chi connectivity index (χ3v) is 3.11. The first kappa shape index (κ1) is 16.3. The molecule has 0 aliphatic heterocycles. The van der Waals surface area contributed by atoms with Crippen molar-refractivity contribution in [3.63, 3.8) is 0 Å². The summed E-state index contributed by atoms with van der Waals surface area (Å²) in [4.78, 5) is 0. The minimum absolute atomic E-state index is 0.0678. The topological polar surface area (TPSA) is 61.9 Å². The zero-order valence-corrected chi connectivity index (χ0v) is 11.4. The first-order chi connectivity index (χ1) is 8.20. The quantitative estimate of drug-likeness (QED) is 0.293. The number of unbranched alkanes of at least 4 members (excludes halogenated alkanes) is 7.